The van der Waals surface area contributed by atoms with Gasteiger partial charge in [0.1, 0.15) is 16.7 Å². The lowest BCUT2D eigenvalue weighted by Gasteiger charge is -2.52. The molecule has 8 nitrogen and oxygen atoms in total. The summed E-state index contributed by atoms with van der Waals surface area (Å²) in [6, 6.07) is 3.13. The number of hydrogen-bond acceptors (Lipinski definition) is 6. The lowest BCUT2D eigenvalue weighted by molar-refractivity contribution is -0.166. The Morgan fingerprint density at radius 1 is 1.18 bits per heavy atom. The number of nitrogens with one attached hydrogen (secondary N) is 1. The molecule has 38 heavy (non-hydrogen) atoms. The minimum atomic E-state index is -1.53. The van der Waals surface area contributed by atoms with Gasteiger partial charge in [0.15, 0.2) is 6.10 Å². The van der Waals surface area contributed by atoms with Crippen molar-refractivity contribution in [2.45, 2.75) is 76.4 Å². The molecule has 1 aromatic rings. The quantitative estimate of drug-likeness (QED) is 0.210. The number of rotatable bonds is 12. The maximum Gasteiger partial charge on any atom is 0.255 e. The minimum absolute atomic E-state index is 0.00771. The third-order valence-corrected chi connectivity index (χ3v) is 8.52. The maximum atomic E-state index is 13.5. The predicted octanol–water partition coefficient (Wildman–Crippen LogP) is 3.89. The zero-order valence-corrected chi connectivity index (χ0v) is 23.4. The van der Waals surface area contributed by atoms with Gasteiger partial charge in [-0.1, -0.05) is 56.4 Å². The highest BCUT2D eigenvalue weighted by Gasteiger charge is 2.65. The van der Waals surface area contributed by atoms with Gasteiger partial charge in [0.05, 0.1) is 11.9 Å². The van der Waals surface area contributed by atoms with Gasteiger partial charge in [0, 0.05) is 17.7 Å². The molecule has 3 amide bonds. The number of aliphatic hydroxyl groups is 1. The summed E-state index contributed by atoms with van der Waals surface area (Å²) in [7, 11) is 0. The summed E-state index contributed by atoms with van der Waals surface area (Å²) in [6.45, 7) is 8.13. The Hall–Kier alpha value is -3.04. The van der Waals surface area contributed by atoms with E-state index in [1.165, 1.54) is 22.7 Å². The Morgan fingerprint density at radius 2 is 1.89 bits per heavy atom. The van der Waals surface area contributed by atoms with Crippen LogP contribution in [0.1, 0.15) is 62.4 Å². The number of fused-ring (bicyclic) bond motifs is 1. The second-order valence-electron chi connectivity index (χ2n) is 9.68. The number of nitrogens with zero attached hydrogens (tertiary/aromatic N) is 2. The van der Waals surface area contributed by atoms with Crippen LogP contribution in [0.15, 0.2) is 54.7 Å². The van der Waals surface area contributed by atoms with Crippen molar-refractivity contribution in [1.82, 2.24) is 15.1 Å². The maximum absolute atomic E-state index is 13.5. The lowest BCUT2D eigenvalue weighted by atomic mass is 9.93. The molecule has 3 rings (SSSR count). The van der Waals surface area contributed by atoms with Gasteiger partial charge >= 0.3 is 0 Å². The second kappa shape index (κ2) is 13.2. The Labute approximate surface area is 229 Å². The molecule has 0 radical (unpaired) electrons. The van der Waals surface area contributed by atoms with Crippen molar-refractivity contribution in [3.8, 4) is 5.75 Å². The van der Waals surface area contributed by atoms with Crippen molar-refractivity contribution in [1.29, 1.82) is 0 Å². The summed E-state index contributed by atoms with van der Waals surface area (Å²) in [6.07, 6.45) is 12.8. The average molecular weight is 542 g/mol. The van der Waals surface area contributed by atoms with Gasteiger partial charge in [-0.05, 0) is 51.7 Å². The number of phenolic OH excluding ortho intramolecular Hbond substituents is 1. The topological polar surface area (TPSA) is 110 Å². The molecule has 0 spiro atoms. The van der Waals surface area contributed by atoms with E-state index < -0.39 is 34.9 Å². The first-order chi connectivity index (χ1) is 18.2. The standard InChI is InChI=1S/C29H39N3O5S/c1-5-7-9-10-11-12-16-22(30-26(35)21-15-14-17-23(33)20(21)3)24(34)27(36)31-19-38-29(4)25(31)28(37)32(29)18-13-8-6-2/h7-11,13-15,17,22,24-25,33-34H,5-6,12,16,18-19H2,1-4H3,(H,30,35)/b9-7-,11-10-,13-8+/t22-,24-,25+,29?/m0/s1. The summed E-state index contributed by atoms with van der Waals surface area (Å²) in [5.74, 6) is -0.923. The van der Waals surface area contributed by atoms with E-state index in [4.69, 9.17) is 0 Å². The fourth-order valence-electron chi connectivity index (χ4n) is 4.77. The molecule has 0 saturated carbocycles. The molecule has 0 aliphatic carbocycles. The van der Waals surface area contributed by atoms with Crippen LogP contribution in [-0.4, -0.2) is 73.2 Å². The molecule has 2 saturated heterocycles. The highest BCUT2D eigenvalue weighted by atomic mass is 32.2. The van der Waals surface area contributed by atoms with Gasteiger partial charge in [-0.25, -0.2) is 0 Å². The number of thioether (sulfide) groups is 1. The van der Waals surface area contributed by atoms with Crippen molar-refractivity contribution in [3.63, 3.8) is 0 Å². The number of carbonyl (C=O) groups is 3. The molecule has 0 aromatic heterocycles. The Morgan fingerprint density at radius 3 is 2.61 bits per heavy atom. The summed E-state index contributed by atoms with van der Waals surface area (Å²) in [4.78, 5) is 42.2. The van der Waals surface area contributed by atoms with Crippen LogP contribution in [0.3, 0.4) is 0 Å². The first-order valence-electron chi connectivity index (χ1n) is 13.2. The third kappa shape index (κ3) is 6.15. The number of likely N-dealkylation sites (tertiary alicyclic amines) is 1. The highest BCUT2D eigenvalue weighted by Crippen LogP contribution is 2.50. The van der Waals surface area contributed by atoms with Gasteiger partial charge < -0.3 is 25.3 Å². The molecule has 1 unspecified atom stereocenters. The summed E-state index contributed by atoms with van der Waals surface area (Å²) < 4.78 is 0. The summed E-state index contributed by atoms with van der Waals surface area (Å²) >= 11 is 1.50. The van der Waals surface area contributed by atoms with Gasteiger partial charge in [-0.2, -0.15) is 0 Å². The van der Waals surface area contributed by atoms with E-state index in [1.54, 1.807) is 24.0 Å². The number of amides is 3. The van der Waals surface area contributed by atoms with E-state index in [2.05, 4.69) is 5.32 Å². The Balaban J connectivity index is 1.75. The molecule has 2 aliphatic rings. The number of carbonyl (C=O) groups excluding carboxylic acids is 3. The molecule has 206 valence electrons. The van der Waals surface area contributed by atoms with Crippen molar-refractivity contribution in [3.05, 3.63) is 65.8 Å². The minimum Gasteiger partial charge on any atom is -0.508 e. The van der Waals surface area contributed by atoms with Gasteiger partial charge in [0.25, 0.3) is 11.8 Å². The fraction of sp³-hybridized carbons (Fsp3) is 0.483. The lowest BCUT2D eigenvalue weighted by Crippen LogP contribution is -2.73. The van der Waals surface area contributed by atoms with E-state index in [0.29, 0.717) is 24.9 Å². The molecule has 0 bridgehead atoms. The zero-order chi connectivity index (χ0) is 27.9. The van der Waals surface area contributed by atoms with E-state index in [1.807, 2.05) is 57.2 Å². The summed E-state index contributed by atoms with van der Waals surface area (Å²) in [5, 5.41) is 24.0. The normalized spacial score (nSPS) is 22.8. The van der Waals surface area contributed by atoms with Crippen LogP contribution in [-0.2, 0) is 9.59 Å². The average Bonchev–Trinajstić information content (AvgIpc) is 3.21. The van der Waals surface area contributed by atoms with Crippen LogP contribution in [0, 0.1) is 6.92 Å². The molecule has 4 atom stereocenters. The SMILES string of the molecule is CC/C=C\C=C/CC[C@H](NC(=O)c1cccc(O)c1C)[C@H](O)C(=O)N1CSC2(C)[C@H]1C(=O)N2C/C=C/CC. The van der Waals surface area contributed by atoms with Gasteiger partial charge in [-0.15, -0.1) is 11.8 Å². The van der Waals surface area contributed by atoms with E-state index in [9.17, 15) is 24.6 Å². The molecule has 2 aliphatic heterocycles. The number of aromatic hydroxyl groups is 1. The molecule has 3 N–H and O–H groups in total. The molecule has 9 heteroatoms. The second-order valence-corrected chi connectivity index (χ2v) is 11.1. The number of allylic oxidation sites excluding steroid dienone is 5. The highest BCUT2D eigenvalue weighted by molar-refractivity contribution is 8.01. The molecule has 1 aromatic carbocycles. The molecule has 2 heterocycles. The monoisotopic (exact) mass is 541 g/mol. The zero-order valence-electron chi connectivity index (χ0n) is 22.6. The van der Waals surface area contributed by atoms with Crippen molar-refractivity contribution < 1.29 is 24.6 Å². The first kappa shape index (κ1) is 29.5. The van der Waals surface area contributed by atoms with Crippen molar-refractivity contribution in [2.24, 2.45) is 0 Å². The van der Waals surface area contributed by atoms with Crippen LogP contribution in [0.4, 0.5) is 0 Å². The first-order valence-corrected chi connectivity index (χ1v) is 14.2. The largest absolute Gasteiger partial charge is 0.508 e. The number of benzene rings is 1. The number of β-lactam (4-membered cyclic amide) rings is 1. The van der Waals surface area contributed by atoms with Crippen LogP contribution < -0.4 is 5.32 Å². The predicted molar refractivity (Wildman–Crippen MR) is 151 cm³/mol. The smallest absolute Gasteiger partial charge is 0.255 e. The fourth-order valence-corrected chi connectivity index (χ4v) is 6.15. The van der Waals surface area contributed by atoms with Crippen LogP contribution >= 0.6 is 11.8 Å². The van der Waals surface area contributed by atoms with Crippen molar-refractivity contribution >= 4 is 29.5 Å². The van der Waals surface area contributed by atoms with E-state index in [-0.39, 0.29) is 23.1 Å². The number of phenols is 1. The molecular weight excluding hydrogens is 502 g/mol. The van der Waals surface area contributed by atoms with E-state index in [0.717, 1.165) is 12.8 Å². The molecule has 2 fully saturated rings. The molecular formula is C29H39N3O5S. The van der Waals surface area contributed by atoms with Crippen LogP contribution in [0.25, 0.3) is 0 Å². The Bertz CT molecular complexity index is 1120. The third-order valence-electron chi connectivity index (χ3n) is 7.09. The van der Waals surface area contributed by atoms with Crippen molar-refractivity contribution in [2.75, 3.05) is 12.4 Å². The van der Waals surface area contributed by atoms with Gasteiger partial charge in [-0.3, -0.25) is 14.4 Å². The van der Waals surface area contributed by atoms with Crippen LogP contribution in [0.2, 0.25) is 0 Å². The van der Waals surface area contributed by atoms with Gasteiger partial charge in [0.2, 0.25) is 5.91 Å². The number of hydrogen-bond donors (Lipinski definition) is 3. The van der Waals surface area contributed by atoms with Crippen LogP contribution in [0.5, 0.6) is 5.75 Å². The van der Waals surface area contributed by atoms with E-state index >= 15 is 0 Å². The Kier molecular flexibility index (Phi) is 10.2. The number of aliphatic hydroxyl groups excluding tert-OH is 1. The summed E-state index contributed by atoms with van der Waals surface area (Å²) in [5.41, 5.74) is 0.684.